The molecule has 0 bridgehead atoms. The fourth-order valence-corrected chi connectivity index (χ4v) is 3.82. The topological polar surface area (TPSA) is 104 Å². The number of hydrogen-bond donors (Lipinski definition) is 3. The summed E-state index contributed by atoms with van der Waals surface area (Å²) in [4.78, 5) is 12.6. The molecule has 0 radical (unpaired) electrons. The molecule has 0 aliphatic carbocycles. The van der Waals surface area contributed by atoms with E-state index in [1.54, 1.807) is 18.2 Å². The number of halogens is 1. The molecule has 7 nitrogen and oxygen atoms in total. The number of benzene rings is 2. The molecule has 146 valence electrons. The fraction of sp³-hybridized carbons (Fsp3) is 0.158. The lowest BCUT2D eigenvalue weighted by Gasteiger charge is -2.11. The lowest BCUT2D eigenvalue weighted by Crippen LogP contribution is -2.19. The molecule has 9 heteroatoms. The second-order valence-electron chi connectivity index (χ2n) is 6.46. The summed E-state index contributed by atoms with van der Waals surface area (Å²) in [5.74, 6) is -0.281. The second kappa shape index (κ2) is 8.04. The molecule has 1 amide bonds. The molecule has 0 fully saturated rings. The predicted molar refractivity (Wildman–Crippen MR) is 109 cm³/mol. The summed E-state index contributed by atoms with van der Waals surface area (Å²) in [6.45, 7) is 4.09. The van der Waals surface area contributed by atoms with E-state index in [0.29, 0.717) is 22.3 Å². The number of amides is 1. The molecule has 2 aromatic carbocycles. The second-order valence-corrected chi connectivity index (χ2v) is 8.52. The highest BCUT2D eigenvalue weighted by atomic mass is 35.5. The van der Waals surface area contributed by atoms with Crippen molar-refractivity contribution >= 4 is 38.9 Å². The van der Waals surface area contributed by atoms with Crippen LogP contribution in [0.25, 0.3) is 0 Å². The van der Waals surface area contributed by atoms with Crippen LogP contribution < -0.4 is 10.0 Å². The zero-order chi connectivity index (χ0) is 20.3. The van der Waals surface area contributed by atoms with E-state index >= 15 is 0 Å². The highest BCUT2D eigenvalue weighted by Crippen LogP contribution is 2.22. The Balaban J connectivity index is 1.83. The van der Waals surface area contributed by atoms with Crippen LogP contribution in [0.4, 0.5) is 11.4 Å². The van der Waals surface area contributed by atoms with E-state index in [9.17, 15) is 13.2 Å². The average molecular weight is 419 g/mol. The van der Waals surface area contributed by atoms with Gasteiger partial charge in [0.25, 0.3) is 15.9 Å². The summed E-state index contributed by atoms with van der Waals surface area (Å²) in [7, 11) is -4.04. The first-order valence-corrected chi connectivity index (χ1v) is 10.4. The van der Waals surface area contributed by atoms with Crippen molar-refractivity contribution in [3.63, 3.8) is 0 Å². The number of anilines is 2. The normalized spacial score (nSPS) is 11.4. The molecule has 0 atom stereocenters. The molecule has 0 spiro atoms. The number of aromatic amines is 1. The zero-order valence-corrected chi connectivity index (χ0v) is 16.8. The fourth-order valence-electron chi connectivity index (χ4n) is 2.54. The lowest BCUT2D eigenvalue weighted by molar-refractivity contribution is 0.102. The molecule has 0 saturated carbocycles. The van der Waals surface area contributed by atoms with Gasteiger partial charge in [0.05, 0.1) is 11.8 Å². The van der Waals surface area contributed by atoms with E-state index in [1.165, 1.54) is 18.3 Å². The quantitative estimate of drug-likeness (QED) is 0.556. The molecular weight excluding hydrogens is 400 g/mol. The third-order valence-electron chi connectivity index (χ3n) is 4.03. The van der Waals surface area contributed by atoms with E-state index in [2.05, 4.69) is 20.2 Å². The summed E-state index contributed by atoms with van der Waals surface area (Å²) in [6.07, 6.45) is 1.18. The molecule has 1 aromatic heterocycles. The number of aromatic nitrogens is 2. The molecule has 1 heterocycles. The van der Waals surface area contributed by atoms with Crippen molar-refractivity contribution in [2.75, 3.05) is 10.0 Å². The summed E-state index contributed by atoms with van der Waals surface area (Å²) in [5, 5.41) is 8.99. The third kappa shape index (κ3) is 4.52. The number of hydrogen-bond acceptors (Lipinski definition) is 4. The Morgan fingerprint density at radius 1 is 1.11 bits per heavy atom. The number of sulfonamides is 1. The minimum atomic E-state index is -4.04. The smallest absolute Gasteiger partial charge is 0.279 e. The maximum atomic E-state index is 12.7. The van der Waals surface area contributed by atoms with E-state index in [1.807, 2.05) is 32.0 Å². The van der Waals surface area contributed by atoms with Gasteiger partial charge in [-0.05, 0) is 47.9 Å². The van der Waals surface area contributed by atoms with Crippen LogP contribution in [0.2, 0.25) is 5.02 Å². The monoisotopic (exact) mass is 418 g/mol. The summed E-state index contributed by atoms with van der Waals surface area (Å²) in [5.41, 5.74) is 1.86. The molecule has 28 heavy (non-hydrogen) atoms. The van der Waals surface area contributed by atoms with Crippen LogP contribution >= 0.6 is 11.6 Å². The Labute approximate surface area is 168 Å². The molecule has 0 unspecified atom stereocenters. The molecule has 0 aliphatic heterocycles. The summed E-state index contributed by atoms with van der Waals surface area (Å²) >= 11 is 5.81. The van der Waals surface area contributed by atoms with Gasteiger partial charge < -0.3 is 5.32 Å². The van der Waals surface area contributed by atoms with Gasteiger partial charge in [-0.3, -0.25) is 14.6 Å². The highest BCUT2D eigenvalue weighted by molar-refractivity contribution is 7.92. The number of nitrogens with one attached hydrogen (secondary N) is 3. The lowest BCUT2D eigenvalue weighted by atomic mass is 10.0. The molecule has 0 saturated heterocycles. The molecule has 3 aromatic rings. The largest absolute Gasteiger partial charge is 0.322 e. The van der Waals surface area contributed by atoms with Crippen molar-refractivity contribution < 1.29 is 13.2 Å². The van der Waals surface area contributed by atoms with Crippen LogP contribution in [0.1, 0.15) is 35.7 Å². The van der Waals surface area contributed by atoms with Gasteiger partial charge in [0, 0.05) is 16.4 Å². The average Bonchev–Trinajstić information content (AvgIpc) is 3.15. The van der Waals surface area contributed by atoms with Gasteiger partial charge in [-0.1, -0.05) is 37.6 Å². The Morgan fingerprint density at radius 2 is 1.82 bits per heavy atom. The van der Waals surface area contributed by atoms with Crippen LogP contribution in [0, 0.1) is 0 Å². The molecule has 0 aliphatic rings. The van der Waals surface area contributed by atoms with Crippen LogP contribution in [0.5, 0.6) is 0 Å². The van der Waals surface area contributed by atoms with E-state index in [4.69, 9.17) is 11.6 Å². The van der Waals surface area contributed by atoms with Crippen molar-refractivity contribution in [2.45, 2.75) is 24.8 Å². The summed E-state index contributed by atoms with van der Waals surface area (Å²) < 4.78 is 27.7. The van der Waals surface area contributed by atoms with E-state index < -0.39 is 15.9 Å². The number of rotatable bonds is 6. The minimum Gasteiger partial charge on any atom is -0.322 e. The number of H-pyrrole nitrogens is 1. The van der Waals surface area contributed by atoms with Gasteiger partial charge in [-0.2, -0.15) is 13.5 Å². The Morgan fingerprint density at radius 3 is 2.50 bits per heavy atom. The third-order valence-corrected chi connectivity index (χ3v) is 5.63. The Bertz CT molecular complexity index is 1090. The minimum absolute atomic E-state index is 0.0867. The first-order valence-electron chi connectivity index (χ1n) is 8.49. The standard InChI is InChI=1S/C19H19ClN4O3S/c1-12(2)13-4-3-5-16(10-13)22-18(25)17-11-21-23-19(17)28(26,27)24-15-8-6-14(20)7-9-15/h3-12,24H,1-2H3,(H,21,23)(H,22,25). The van der Waals surface area contributed by atoms with Gasteiger partial charge in [-0.25, -0.2) is 0 Å². The van der Waals surface area contributed by atoms with E-state index in [0.717, 1.165) is 5.56 Å². The Kier molecular flexibility index (Phi) is 5.71. The van der Waals surface area contributed by atoms with Gasteiger partial charge in [0.15, 0.2) is 5.03 Å². The van der Waals surface area contributed by atoms with Crippen molar-refractivity contribution in [3.8, 4) is 0 Å². The van der Waals surface area contributed by atoms with Crippen molar-refractivity contribution in [3.05, 3.63) is 70.9 Å². The van der Waals surface area contributed by atoms with Gasteiger partial charge in [-0.15, -0.1) is 0 Å². The molecule has 3 N–H and O–H groups in total. The van der Waals surface area contributed by atoms with Crippen LogP contribution in [-0.2, 0) is 10.0 Å². The molecule has 3 rings (SSSR count). The van der Waals surface area contributed by atoms with E-state index in [-0.39, 0.29) is 10.6 Å². The van der Waals surface area contributed by atoms with Gasteiger partial charge in [0.2, 0.25) is 0 Å². The van der Waals surface area contributed by atoms with Crippen molar-refractivity contribution in [1.29, 1.82) is 0 Å². The zero-order valence-electron chi connectivity index (χ0n) is 15.2. The maximum Gasteiger partial charge on any atom is 0.279 e. The Hall–Kier alpha value is -2.84. The number of carbonyl (C=O) groups is 1. The predicted octanol–water partition coefficient (Wildman–Crippen LogP) is 4.24. The summed E-state index contributed by atoms with van der Waals surface area (Å²) in [6, 6.07) is 13.5. The first kappa shape index (κ1) is 19.9. The van der Waals surface area contributed by atoms with Crippen LogP contribution in [0.15, 0.2) is 59.8 Å². The van der Waals surface area contributed by atoms with Gasteiger partial charge >= 0.3 is 0 Å². The molecular formula is C19H19ClN4O3S. The maximum absolute atomic E-state index is 12.7. The number of nitrogens with zero attached hydrogens (tertiary/aromatic N) is 1. The number of carbonyl (C=O) groups excluding carboxylic acids is 1. The van der Waals surface area contributed by atoms with Crippen LogP contribution in [-0.4, -0.2) is 24.5 Å². The highest BCUT2D eigenvalue weighted by Gasteiger charge is 2.25. The van der Waals surface area contributed by atoms with Crippen molar-refractivity contribution in [2.24, 2.45) is 0 Å². The SMILES string of the molecule is CC(C)c1cccc(NC(=O)c2cn[nH]c2S(=O)(=O)Nc2ccc(Cl)cc2)c1. The van der Waals surface area contributed by atoms with Crippen molar-refractivity contribution in [1.82, 2.24) is 10.2 Å². The first-order chi connectivity index (χ1) is 13.3. The van der Waals surface area contributed by atoms with Crippen LogP contribution in [0.3, 0.4) is 0 Å². The van der Waals surface area contributed by atoms with Gasteiger partial charge in [0.1, 0.15) is 0 Å².